The number of aliphatic carboxylic acids is 1. The number of unbranched alkanes of at least 4 members (excludes halogenated alkanes) is 3. The van der Waals surface area contributed by atoms with E-state index in [9.17, 15) is 14.7 Å². The summed E-state index contributed by atoms with van der Waals surface area (Å²) in [6.07, 6.45) is 13.5. The molecule has 0 aromatic carbocycles. The Morgan fingerprint density at radius 1 is 0.935 bits per heavy atom. The minimum absolute atomic E-state index is 0.151. The van der Waals surface area contributed by atoms with E-state index in [-0.39, 0.29) is 11.4 Å². The number of rotatable bonds is 11. The van der Waals surface area contributed by atoms with Crippen LogP contribution in [0.3, 0.4) is 0 Å². The summed E-state index contributed by atoms with van der Waals surface area (Å²) < 4.78 is 5.86. The van der Waals surface area contributed by atoms with Gasteiger partial charge in [0.1, 0.15) is 0 Å². The number of carbonyl (C=O) groups is 2. The van der Waals surface area contributed by atoms with Crippen LogP contribution < -0.4 is 0 Å². The zero-order chi connectivity index (χ0) is 23.0. The molecule has 2 fully saturated rings. The molecular formula is C27H48O4. The van der Waals surface area contributed by atoms with E-state index in [1.54, 1.807) is 0 Å². The summed E-state index contributed by atoms with van der Waals surface area (Å²) in [4.78, 5) is 24.6. The third kappa shape index (κ3) is 6.96. The Labute approximate surface area is 190 Å². The van der Waals surface area contributed by atoms with Gasteiger partial charge in [0, 0.05) is 0 Å². The fourth-order valence-electron chi connectivity index (χ4n) is 6.54. The van der Waals surface area contributed by atoms with Gasteiger partial charge >= 0.3 is 11.9 Å². The summed E-state index contributed by atoms with van der Waals surface area (Å²) in [6.45, 7) is 11.9. The van der Waals surface area contributed by atoms with Crippen molar-refractivity contribution in [2.75, 3.05) is 6.61 Å². The van der Waals surface area contributed by atoms with Gasteiger partial charge in [-0.1, -0.05) is 73.1 Å². The molecule has 0 aromatic rings. The lowest BCUT2D eigenvalue weighted by Crippen LogP contribution is -2.44. The molecule has 2 aliphatic rings. The van der Waals surface area contributed by atoms with Crippen molar-refractivity contribution in [2.45, 2.75) is 112 Å². The fraction of sp³-hybridized carbons (Fsp3) is 0.926. The van der Waals surface area contributed by atoms with Gasteiger partial charge < -0.3 is 9.84 Å². The Morgan fingerprint density at radius 2 is 1.68 bits per heavy atom. The first-order valence-corrected chi connectivity index (χ1v) is 13.1. The molecule has 0 amide bonds. The van der Waals surface area contributed by atoms with Crippen molar-refractivity contribution in [2.24, 2.45) is 40.9 Å². The number of hydrogen-bond donors (Lipinski definition) is 1. The smallest absolute Gasteiger partial charge is 0.309 e. The molecule has 0 bridgehead atoms. The van der Waals surface area contributed by atoms with Crippen LogP contribution >= 0.6 is 0 Å². The summed E-state index contributed by atoms with van der Waals surface area (Å²) in [6, 6.07) is 0. The molecule has 1 N–H and O–H groups in total. The molecule has 0 spiro atoms. The minimum Gasteiger partial charge on any atom is -0.481 e. The Balaban J connectivity index is 1.99. The largest absolute Gasteiger partial charge is 0.481 e. The van der Waals surface area contributed by atoms with Crippen LogP contribution in [-0.2, 0) is 14.3 Å². The Bertz CT molecular complexity index is 570. The molecule has 0 radical (unpaired) electrons. The van der Waals surface area contributed by atoms with Gasteiger partial charge in [0.2, 0.25) is 0 Å². The third-order valence-corrected chi connectivity index (χ3v) is 8.65. The number of carboxylic acids is 1. The average Bonchev–Trinajstić information content (AvgIpc) is 2.71. The maximum atomic E-state index is 12.9. The molecule has 0 saturated heterocycles. The summed E-state index contributed by atoms with van der Waals surface area (Å²) in [5, 5.41) is 9.60. The molecule has 4 nitrogen and oxygen atoms in total. The molecule has 2 aliphatic carbocycles. The van der Waals surface area contributed by atoms with E-state index < -0.39 is 17.8 Å². The zero-order valence-corrected chi connectivity index (χ0v) is 20.8. The highest BCUT2D eigenvalue weighted by atomic mass is 16.5. The maximum Gasteiger partial charge on any atom is 0.309 e. The standard InChI is InChI=1S/C27H48O4/c1-6-8-9-10-12-24-20(11-7-2)14-15-21(27(24,4)5)18-31-26(30)22-16-13-19(3)17-23(22)25(28)29/h19-24H,6-18H2,1-5H3,(H,28,29). The summed E-state index contributed by atoms with van der Waals surface area (Å²) in [5.41, 5.74) is 0.151. The predicted molar refractivity (Wildman–Crippen MR) is 126 cm³/mol. The maximum absolute atomic E-state index is 12.9. The van der Waals surface area contributed by atoms with Gasteiger partial charge in [0.05, 0.1) is 18.4 Å². The lowest BCUT2D eigenvalue weighted by Gasteiger charge is -2.49. The number of ether oxygens (including phenoxy) is 1. The second-order valence-electron chi connectivity index (χ2n) is 11.2. The molecule has 6 atom stereocenters. The van der Waals surface area contributed by atoms with Crippen LogP contribution in [0.4, 0.5) is 0 Å². The third-order valence-electron chi connectivity index (χ3n) is 8.65. The normalized spacial score (nSPS) is 33.1. The molecule has 0 aliphatic heterocycles. The highest BCUT2D eigenvalue weighted by Crippen LogP contribution is 2.51. The van der Waals surface area contributed by atoms with Crippen molar-refractivity contribution < 1.29 is 19.4 Å². The van der Waals surface area contributed by atoms with Crippen LogP contribution in [0.1, 0.15) is 112 Å². The van der Waals surface area contributed by atoms with E-state index in [0.717, 1.165) is 18.8 Å². The van der Waals surface area contributed by atoms with Crippen LogP contribution in [0.25, 0.3) is 0 Å². The molecule has 2 rings (SSSR count). The van der Waals surface area contributed by atoms with Gasteiger partial charge in [-0.05, 0) is 67.6 Å². The van der Waals surface area contributed by atoms with E-state index in [2.05, 4.69) is 34.6 Å². The zero-order valence-electron chi connectivity index (χ0n) is 20.8. The number of hydrogen-bond acceptors (Lipinski definition) is 3. The monoisotopic (exact) mass is 436 g/mol. The number of carboxylic acid groups (broad SMARTS) is 1. The SMILES string of the molecule is CCCCCCC1C(CCC)CCC(COC(=O)C2CCC(C)CC2C(=O)O)C1(C)C. The van der Waals surface area contributed by atoms with E-state index in [0.29, 0.717) is 37.2 Å². The van der Waals surface area contributed by atoms with E-state index in [4.69, 9.17) is 4.74 Å². The fourth-order valence-corrected chi connectivity index (χ4v) is 6.54. The summed E-state index contributed by atoms with van der Waals surface area (Å²) in [7, 11) is 0. The second kappa shape index (κ2) is 12.3. The van der Waals surface area contributed by atoms with Gasteiger partial charge in [0.25, 0.3) is 0 Å². The molecule has 6 unspecified atom stereocenters. The molecule has 31 heavy (non-hydrogen) atoms. The molecule has 4 heteroatoms. The number of esters is 1. The molecule has 0 heterocycles. The van der Waals surface area contributed by atoms with Crippen molar-refractivity contribution in [3.63, 3.8) is 0 Å². The Kier molecular flexibility index (Phi) is 10.4. The first kappa shape index (κ1) is 26.2. The molecular weight excluding hydrogens is 388 g/mol. The van der Waals surface area contributed by atoms with Crippen molar-refractivity contribution in [3.8, 4) is 0 Å². The van der Waals surface area contributed by atoms with Crippen molar-refractivity contribution >= 4 is 11.9 Å². The van der Waals surface area contributed by atoms with Crippen molar-refractivity contribution in [3.05, 3.63) is 0 Å². The van der Waals surface area contributed by atoms with Gasteiger partial charge in [-0.25, -0.2) is 0 Å². The predicted octanol–water partition coefficient (Wildman–Crippen LogP) is 7.11. The van der Waals surface area contributed by atoms with Crippen LogP contribution in [0, 0.1) is 40.9 Å². The first-order chi connectivity index (χ1) is 14.7. The van der Waals surface area contributed by atoms with Crippen molar-refractivity contribution in [1.29, 1.82) is 0 Å². The average molecular weight is 437 g/mol. The Hall–Kier alpha value is -1.06. The minimum atomic E-state index is -0.846. The lowest BCUT2D eigenvalue weighted by atomic mass is 9.56. The second-order valence-corrected chi connectivity index (χ2v) is 11.2. The first-order valence-electron chi connectivity index (χ1n) is 13.1. The van der Waals surface area contributed by atoms with Crippen LogP contribution in [0.2, 0.25) is 0 Å². The quantitative estimate of drug-likeness (QED) is 0.277. The van der Waals surface area contributed by atoms with Crippen LogP contribution in [0.5, 0.6) is 0 Å². The van der Waals surface area contributed by atoms with Crippen LogP contribution in [-0.4, -0.2) is 23.7 Å². The van der Waals surface area contributed by atoms with Crippen LogP contribution in [0.15, 0.2) is 0 Å². The van der Waals surface area contributed by atoms with E-state index in [1.807, 2.05) is 0 Å². The summed E-state index contributed by atoms with van der Waals surface area (Å²) in [5.74, 6) is 0.0204. The van der Waals surface area contributed by atoms with Gasteiger partial charge in [-0.2, -0.15) is 0 Å². The molecule has 180 valence electrons. The van der Waals surface area contributed by atoms with E-state index >= 15 is 0 Å². The molecule has 0 aromatic heterocycles. The van der Waals surface area contributed by atoms with Gasteiger partial charge in [-0.15, -0.1) is 0 Å². The number of carbonyl (C=O) groups excluding carboxylic acids is 1. The topological polar surface area (TPSA) is 63.6 Å². The van der Waals surface area contributed by atoms with Gasteiger partial charge in [-0.3, -0.25) is 9.59 Å². The lowest BCUT2D eigenvalue weighted by molar-refractivity contribution is -0.163. The van der Waals surface area contributed by atoms with E-state index in [1.165, 1.54) is 51.4 Å². The summed E-state index contributed by atoms with van der Waals surface area (Å²) >= 11 is 0. The molecule has 2 saturated carbocycles. The van der Waals surface area contributed by atoms with Gasteiger partial charge in [0.15, 0.2) is 0 Å². The van der Waals surface area contributed by atoms with Crippen molar-refractivity contribution in [1.82, 2.24) is 0 Å². The highest BCUT2D eigenvalue weighted by Gasteiger charge is 2.45. The highest BCUT2D eigenvalue weighted by molar-refractivity contribution is 5.81. The Morgan fingerprint density at radius 3 is 2.32 bits per heavy atom.